The number of pyridine rings is 1. The van der Waals surface area contributed by atoms with Gasteiger partial charge >= 0.3 is 0 Å². The van der Waals surface area contributed by atoms with Crippen molar-refractivity contribution < 1.29 is 8.83 Å². The van der Waals surface area contributed by atoms with Crippen molar-refractivity contribution in [3.63, 3.8) is 0 Å². The first-order valence-electron chi connectivity index (χ1n) is 8.09. The fourth-order valence-electron chi connectivity index (χ4n) is 2.97. The summed E-state index contributed by atoms with van der Waals surface area (Å²) in [5.74, 6) is 1.80. The van der Waals surface area contributed by atoms with Gasteiger partial charge < -0.3 is 8.83 Å². The molecule has 4 rings (SSSR count). The summed E-state index contributed by atoms with van der Waals surface area (Å²) >= 11 is 6.50. The van der Waals surface area contributed by atoms with Crippen LogP contribution in [0.1, 0.15) is 17.1 Å². The number of furan rings is 2. The fraction of sp³-hybridized carbons (Fsp3) is 0.150. The van der Waals surface area contributed by atoms with Crippen molar-refractivity contribution in [2.24, 2.45) is 0 Å². The van der Waals surface area contributed by atoms with Crippen LogP contribution in [0.5, 0.6) is 0 Å². The van der Waals surface area contributed by atoms with Gasteiger partial charge in [0.05, 0.1) is 31.1 Å². The summed E-state index contributed by atoms with van der Waals surface area (Å²) in [6.45, 7) is 1.97. The third-order valence-corrected chi connectivity index (χ3v) is 4.48. The molecular weight excluding hydrogens is 336 g/mol. The van der Waals surface area contributed by atoms with Gasteiger partial charge in [0.1, 0.15) is 11.5 Å². The molecule has 0 saturated carbocycles. The third kappa shape index (κ3) is 3.60. The lowest BCUT2D eigenvalue weighted by Gasteiger charge is -2.21. The molecule has 3 heterocycles. The highest BCUT2D eigenvalue weighted by molar-refractivity contribution is 6.32. The highest BCUT2D eigenvalue weighted by atomic mass is 35.5. The van der Waals surface area contributed by atoms with Crippen LogP contribution in [0.15, 0.2) is 76.1 Å². The minimum Gasteiger partial charge on any atom is -0.468 e. The SMILES string of the molecule is Clc1ccc2cccnc2c1CN(Cc1ccco1)Cc1ccco1. The molecular formula is C20H17ClN2O2. The third-order valence-electron chi connectivity index (χ3n) is 4.12. The number of nitrogens with zero attached hydrogens (tertiary/aromatic N) is 2. The van der Waals surface area contributed by atoms with Crippen LogP contribution in [0.3, 0.4) is 0 Å². The van der Waals surface area contributed by atoms with E-state index in [1.807, 2.05) is 48.5 Å². The maximum atomic E-state index is 6.50. The van der Waals surface area contributed by atoms with Crippen molar-refractivity contribution in [2.75, 3.05) is 0 Å². The second kappa shape index (κ2) is 7.13. The van der Waals surface area contributed by atoms with Gasteiger partial charge in [-0.1, -0.05) is 23.7 Å². The highest BCUT2D eigenvalue weighted by Gasteiger charge is 2.15. The zero-order chi connectivity index (χ0) is 17.1. The minimum atomic E-state index is 0.647. The number of hydrogen-bond acceptors (Lipinski definition) is 4. The number of benzene rings is 1. The van der Waals surface area contributed by atoms with E-state index in [0.29, 0.717) is 19.6 Å². The molecule has 0 atom stereocenters. The normalized spacial score (nSPS) is 11.4. The Morgan fingerprint density at radius 3 is 2.20 bits per heavy atom. The average Bonchev–Trinajstić information content (AvgIpc) is 3.31. The van der Waals surface area contributed by atoms with Gasteiger partial charge in [0.25, 0.3) is 0 Å². The zero-order valence-electron chi connectivity index (χ0n) is 13.6. The first kappa shape index (κ1) is 15.9. The summed E-state index contributed by atoms with van der Waals surface area (Å²) < 4.78 is 11.0. The molecule has 3 aromatic heterocycles. The van der Waals surface area contributed by atoms with Crippen LogP contribution in [0.2, 0.25) is 5.02 Å². The van der Waals surface area contributed by atoms with E-state index in [1.165, 1.54) is 0 Å². The Kier molecular flexibility index (Phi) is 4.55. The van der Waals surface area contributed by atoms with Crippen molar-refractivity contribution in [1.82, 2.24) is 9.88 Å². The quantitative estimate of drug-likeness (QED) is 0.473. The summed E-state index contributed by atoms with van der Waals surface area (Å²) in [6.07, 6.45) is 5.17. The molecule has 25 heavy (non-hydrogen) atoms. The van der Waals surface area contributed by atoms with Crippen molar-refractivity contribution in [1.29, 1.82) is 0 Å². The average molecular weight is 353 g/mol. The molecule has 0 amide bonds. The summed E-state index contributed by atoms with van der Waals surface area (Å²) in [4.78, 5) is 6.76. The molecule has 1 aromatic carbocycles. The molecule has 5 heteroatoms. The second-order valence-corrected chi connectivity index (χ2v) is 6.31. The molecule has 0 aliphatic rings. The topological polar surface area (TPSA) is 42.4 Å². The fourth-order valence-corrected chi connectivity index (χ4v) is 3.18. The van der Waals surface area contributed by atoms with E-state index in [-0.39, 0.29) is 0 Å². The van der Waals surface area contributed by atoms with E-state index in [9.17, 15) is 0 Å². The Balaban J connectivity index is 1.67. The van der Waals surface area contributed by atoms with E-state index >= 15 is 0 Å². The largest absolute Gasteiger partial charge is 0.468 e. The van der Waals surface area contributed by atoms with Gasteiger partial charge in [0.15, 0.2) is 0 Å². The molecule has 0 unspecified atom stereocenters. The summed E-state index contributed by atoms with van der Waals surface area (Å²) in [6, 6.07) is 15.6. The summed E-state index contributed by atoms with van der Waals surface area (Å²) in [5, 5.41) is 1.80. The van der Waals surface area contributed by atoms with E-state index < -0.39 is 0 Å². The molecule has 0 radical (unpaired) electrons. The summed E-state index contributed by atoms with van der Waals surface area (Å²) in [7, 11) is 0. The van der Waals surface area contributed by atoms with Crippen LogP contribution in [0.25, 0.3) is 10.9 Å². The first-order valence-corrected chi connectivity index (χ1v) is 8.46. The Hall–Kier alpha value is -2.56. The monoisotopic (exact) mass is 352 g/mol. The van der Waals surface area contributed by atoms with E-state index in [1.54, 1.807) is 18.7 Å². The van der Waals surface area contributed by atoms with Crippen molar-refractivity contribution in [3.05, 3.63) is 89.4 Å². The molecule has 0 N–H and O–H groups in total. The van der Waals surface area contributed by atoms with Gasteiger partial charge in [-0.05, 0) is 36.4 Å². The van der Waals surface area contributed by atoms with E-state index in [2.05, 4.69) is 9.88 Å². The van der Waals surface area contributed by atoms with Crippen LogP contribution < -0.4 is 0 Å². The smallest absolute Gasteiger partial charge is 0.117 e. The Morgan fingerprint density at radius 1 is 0.840 bits per heavy atom. The zero-order valence-corrected chi connectivity index (χ0v) is 14.3. The first-order chi connectivity index (χ1) is 12.3. The van der Waals surface area contributed by atoms with Crippen LogP contribution >= 0.6 is 11.6 Å². The van der Waals surface area contributed by atoms with Gasteiger partial charge in [0, 0.05) is 28.7 Å². The Bertz CT molecular complexity index is 913. The molecule has 0 aliphatic carbocycles. The van der Waals surface area contributed by atoms with Crippen LogP contribution in [-0.2, 0) is 19.6 Å². The molecule has 0 spiro atoms. The number of hydrogen-bond donors (Lipinski definition) is 0. The predicted octanol–water partition coefficient (Wildman–Crippen LogP) is 5.28. The van der Waals surface area contributed by atoms with Gasteiger partial charge in [-0.2, -0.15) is 0 Å². The van der Waals surface area contributed by atoms with Crippen LogP contribution in [0.4, 0.5) is 0 Å². The molecule has 0 fully saturated rings. The van der Waals surface area contributed by atoms with E-state index in [0.717, 1.165) is 33.0 Å². The van der Waals surface area contributed by atoms with Gasteiger partial charge in [-0.15, -0.1) is 0 Å². The number of rotatable bonds is 6. The summed E-state index contributed by atoms with van der Waals surface area (Å²) in [5.41, 5.74) is 1.94. The van der Waals surface area contributed by atoms with Crippen LogP contribution in [-0.4, -0.2) is 9.88 Å². The predicted molar refractivity (Wildman–Crippen MR) is 97.1 cm³/mol. The van der Waals surface area contributed by atoms with Crippen molar-refractivity contribution in [3.8, 4) is 0 Å². The molecule has 4 aromatic rings. The molecule has 4 nitrogen and oxygen atoms in total. The van der Waals surface area contributed by atoms with E-state index in [4.69, 9.17) is 20.4 Å². The standard InChI is InChI=1S/C20H17ClN2O2/c21-19-8-7-15-4-1-9-22-20(15)18(19)14-23(12-16-5-2-10-24-16)13-17-6-3-11-25-17/h1-11H,12-14H2. The van der Waals surface area contributed by atoms with Crippen molar-refractivity contribution >= 4 is 22.5 Å². The molecule has 0 aliphatic heterocycles. The molecule has 0 saturated heterocycles. The van der Waals surface area contributed by atoms with Crippen molar-refractivity contribution in [2.45, 2.75) is 19.6 Å². The number of fused-ring (bicyclic) bond motifs is 1. The van der Waals surface area contributed by atoms with Gasteiger partial charge in [-0.25, -0.2) is 0 Å². The number of halogens is 1. The molecule has 126 valence electrons. The lowest BCUT2D eigenvalue weighted by atomic mass is 10.1. The van der Waals surface area contributed by atoms with Gasteiger partial charge in [0.2, 0.25) is 0 Å². The number of aromatic nitrogens is 1. The lowest BCUT2D eigenvalue weighted by Crippen LogP contribution is -2.22. The Morgan fingerprint density at radius 2 is 1.56 bits per heavy atom. The van der Waals surface area contributed by atoms with Crippen LogP contribution in [0, 0.1) is 0 Å². The maximum Gasteiger partial charge on any atom is 0.117 e. The molecule has 0 bridgehead atoms. The second-order valence-electron chi connectivity index (χ2n) is 5.90. The highest BCUT2D eigenvalue weighted by Crippen LogP contribution is 2.27. The lowest BCUT2D eigenvalue weighted by molar-refractivity contribution is 0.210. The van der Waals surface area contributed by atoms with Gasteiger partial charge in [-0.3, -0.25) is 9.88 Å². The minimum absolute atomic E-state index is 0.647. The maximum absolute atomic E-state index is 6.50. The Labute approximate surface area is 150 Å².